The van der Waals surface area contributed by atoms with Crippen molar-refractivity contribution in [2.24, 2.45) is 0 Å². The van der Waals surface area contributed by atoms with E-state index in [1.165, 1.54) is 28.9 Å². The molecule has 2 N–H and O–H groups in total. The lowest BCUT2D eigenvalue weighted by Gasteiger charge is -2.08. The van der Waals surface area contributed by atoms with E-state index < -0.39 is 23.5 Å². The van der Waals surface area contributed by atoms with E-state index in [9.17, 15) is 14.4 Å². The number of carboxylic acid groups (broad SMARTS) is 1. The van der Waals surface area contributed by atoms with Crippen molar-refractivity contribution in [3.05, 3.63) is 33.7 Å². The zero-order valence-corrected chi connectivity index (χ0v) is 10.1. The molecule has 2 rings (SSSR count). The minimum absolute atomic E-state index is 0.181. The fraction of sp³-hybridized carbons (Fsp3) is 0.200. The van der Waals surface area contributed by atoms with Gasteiger partial charge in [0.25, 0.3) is 11.5 Å². The molecule has 0 saturated heterocycles. The van der Waals surface area contributed by atoms with Crippen LogP contribution in [0.4, 0.5) is 0 Å². The average Bonchev–Trinajstić information content (AvgIpc) is 2.78. The van der Waals surface area contributed by atoms with Gasteiger partial charge in [0, 0.05) is 17.8 Å². The lowest BCUT2D eigenvalue weighted by Crippen LogP contribution is -2.40. The van der Waals surface area contributed by atoms with E-state index in [-0.39, 0.29) is 5.56 Å². The Balaban J connectivity index is 2.36. The Bertz CT molecular complexity index is 675. The van der Waals surface area contributed by atoms with E-state index in [4.69, 9.17) is 5.11 Å². The minimum atomic E-state index is -1.17. The maximum absolute atomic E-state index is 11.9. The first-order chi connectivity index (χ1) is 8.50. The van der Waals surface area contributed by atoms with Crippen LogP contribution >= 0.6 is 11.3 Å². The number of aliphatic carboxylic acids is 1. The molecule has 0 bridgehead atoms. The molecule has 0 aromatic carbocycles. The van der Waals surface area contributed by atoms with Gasteiger partial charge in [-0.25, -0.2) is 4.98 Å². The molecule has 0 saturated carbocycles. The van der Waals surface area contributed by atoms with Crippen molar-refractivity contribution in [2.75, 3.05) is 0 Å². The normalized spacial score (nSPS) is 12.3. The first kappa shape index (κ1) is 12.2. The van der Waals surface area contributed by atoms with Crippen LogP contribution in [0, 0.1) is 0 Å². The fourth-order valence-electron chi connectivity index (χ4n) is 1.32. The number of hydrogen-bond acceptors (Lipinski definition) is 5. The van der Waals surface area contributed by atoms with Gasteiger partial charge in [0.15, 0.2) is 4.96 Å². The molecule has 0 spiro atoms. The standard InChI is InChI=1S/C10H9N3O4S/c1-5(9(16)17)12-7(14)6-4-11-10-13(8(6)15)2-3-18-10/h2-5H,1H3,(H,12,14)(H,16,17). The Morgan fingerprint density at radius 1 is 1.56 bits per heavy atom. The zero-order chi connectivity index (χ0) is 13.3. The molecule has 0 fully saturated rings. The number of nitrogens with zero attached hydrogens (tertiary/aromatic N) is 2. The van der Waals surface area contributed by atoms with Gasteiger partial charge in [-0.15, -0.1) is 11.3 Å². The summed E-state index contributed by atoms with van der Waals surface area (Å²) in [4.78, 5) is 38.7. The summed E-state index contributed by atoms with van der Waals surface area (Å²) in [5.41, 5.74) is -0.699. The van der Waals surface area contributed by atoms with Gasteiger partial charge in [0.2, 0.25) is 0 Å². The number of carboxylic acids is 1. The van der Waals surface area contributed by atoms with Crippen molar-refractivity contribution in [3.8, 4) is 0 Å². The average molecular weight is 267 g/mol. The summed E-state index contributed by atoms with van der Waals surface area (Å²) in [6.45, 7) is 1.31. The summed E-state index contributed by atoms with van der Waals surface area (Å²) in [6.07, 6.45) is 2.66. The second kappa shape index (κ2) is 4.57. The lowest BCUT2D eigenvalue weighted by molar-refractivity contribution is -0.138. The zero-order valence-electron chi connectivity index (χ0n) is 9.28. The van der Waals surface area contributed by atoms with E-state index >= 15 is 0 Å². The predicted molar refractivity (Wildman–Crippen MR) is 63.9 cm³/mol. The Hall–Kier alpha value is -2.22. The number of carbonyl (C=O) groups is 2. The van der Waals surface area contributed by atoms with Crippen molar-refractivity contribution < 1.29 is 14.7 Å². The molecule has 1 unspecified atom stereocenters. The number of aromatic nitrogens is 2. The quantitative estimate of drug-likeness (QED) is 0.812. The summed E-state index contributed by atoms with van der Waals surface area (Å²) in [6, 6.07) is -1.07. The molecule has 18 heavy (non-hydrogen) atoms. The third-order valence-electron chi connectivity index (χ3n) is 2.31. The van der Waals surface area contributed by atoms with Crippen LogP contribution in [-0.4, -0.2) is 32.4 Å². The van der Waals surface area contributed by atoms with Crippen LogP contribution in [0.25, 0.3) is 4.96 Å². The number of carbonyl (C=O) groups excluding carboxylic acids is 1. The first-order valence-electron chi connectivity index (χ1n) is 4.99. The maximum Gasteiger partial charge on any atom is 0.325 e. The second-order valence-electron chi connectivity index (χ2n) is 3.57. The number of thiazole rings is 1. The van der Waals surface area contributed by atoms with Gasteiger partial charge in [-0.05, 0) is 6.92 Å². The smallest absolute Gasteiger partial charge is 0.325 e. The fourth-order valence-corrected chi connectivity index (χ4v) is 1.99. The minimum Gasteiger partial charge on any atom is -0.480 e. The van der Waals surface area contributed by atoms with Gasteiger partial charge < -0.3 is 10.4 Å². The van der Waals surface area contributed by atoms with E-state index in [1.807, 2.05) is 0 Å². The summed E-state index contributed by atoms with van der Waals surface area (Å²) in [7, 11) is 0. The van der Waals surface area contributed by atoms with Crippen LogP contribution in [0.1, 0.15) is 17.3 Å². The van der Waals surface area contributed by atoms with Crippen LogP contribution in [-0.2, 0) is 4.79 Å². The van der Waals surface area contributed by atoms with Crippen LogP contribution in [0.2, 0.25) is 0 Å². The van der Waals surface area contributed by atoms with Crippen molar-refractivity contribution >= 4 is 28.2 Å². The third-order valence-corrected chi connectivity index (χ3v) is 3.08. The monoisotopic (exact) mass is 267 g/mol. The largest absolute Gasteiger partial charge is 0.480 e. The highest BCUT2D eigenvalue weighted by molar-refractivity contribution is 7.15. The van der Waals surface area contributed by atoms with Crippen molar-refractivity contribution in [1.82, 2.24) is 14.7 Å². The number of rotatable bonds is 3. The molecule has 8 heteroatoms. The van der Waals surface area contributed by atoms with E-state index in [2.05, 4.69) is 10.3 Å². The molecule has 0 aliphatic rings. The van der Waals surface area contributed by atoms with Crippen LogP contribution in [0.3, 0.4) is 0 Å². The maximum atomic E-state index is 11.9. The van der Waals surface area contributed by atoms with Gasteiger partial charge in [-0.1, -0.05) is 0 Å². The molecule has 0 aliphatic carbocycles. The number of fused-ring (bicyclic) bond motifs is 1. The Morgan fingerprint density at radius 3 is 2.94 bits per heavy atom. The molecule has 0 aliphatic heterocycles. The highest BCUT2D eigenvalue weighted by atomic mass is 32.1. The molecule has 94 valence electrons. The molecule has 2 aromatic rings. The molecule has 2 aromatic heterocycles. The number of amides is 1. The number of nitrogens with one attached hydrogen (secondary N) is 1. The first-order valence-corrected chi connectivity index (χ1v) is 5.87. The Labute approximate surface area is 105 Å². The molecule has 1 atom stereocenters. The topological polar surface area (TPSA) is 101 Å². The van der Waals surface area contributed by atoms with Crippen LogP contribution in [0.5, 0.6) is 0 Å². The third kappa shape index (κ3) is 2.09. The Morgan fingerprint density at radius 2 is 2.28 bits per heavy atom. The molecule has 0 radical (unpaired) electrons. The highest BCUT2D eigenvalue weighted by Gasteiger charge is 2.18. The number of hydrogen-bond donors (Lipinski definition) is 2. The Kier molecular flexibility index (Phi) is 3.11. The molecule has 2 heterocycles. The predicted octanol–water partition coefficient (Wildman–Crippen LogP) is -0.0411. The van der Waals surface area contributed by atoms with E-state index in [1.54, 1.807) is 5.38 Å². The molecule has 7 nitrogen and oxygen atoms in total. The van der Waals surface area contributed by atoms with Crippen molar-refractivity contribution in [2.45, 2.75) is 13.0 Å². The van der Waals surface area contributed by atoms with Gasteiger partial charge in [0.1, 0.15) is 11.6 Å². The van der Waals surface area contributed by atoms with Gasteiger partial charge >= 0.3 is 5.97 Å². The molecule has 1 amide bonds. The van der Waals surface area contributed by atoms with Crippen LogP contribution in [0.15, 0.2) is 22.6 Å². The summed E-state index contributed by atoms with van der Waals surface area (Å²) < 4.78 is 1.24. The SMILES string of the molecule is CC(NC(=O)c1cnc2sccn2c1=O)C(=O)O. The summed E-state index contributed by atoms with van der Waals surface area (Å²) >= 11 is 1.27. The van der Waals surface area contributed by atoms with Crippen molar-refractivity contribution in [1.29, 1.82) is 0 Å². The van der Waals surface area contributed by atoms with Gasteiger partial charge in [-0.2, -0.15) is 0 Å². The highest BCUT2D eigenvalue weighted by Crippen LogP contribution is 2.05. The van der Waals surface area contributed by atoms with Crippen molar-refractivity contribution in [3.63, 3.8) is 0 Å². The van der Waals surface area contributed by atoms with E-state index in [0.29, 0.717) is 4.96 Å². The van der Waals surface area contributed by atoms with Gasteiger partial charge in [-0.3, -0.25) is 18.8 Å². The summed E-state index contributed by atoms with van der Waals surface area (Å²) in [5, 5.41) is 12.6. The van der Waals surface area contributed by atoms with Crippen LogP contribution < -0.4 is 10.9 Å². The van der Waals surface area contributed by atoms with E-state index in [0.717, 1.165) is 6.20 Å². The lowest BCUT2D eigenvalue weighted by atomic mass is 10.2. The molecular weight excluding hydrogens is 258 g/mol. The molecular formula is C10H9N3O4S. The van der Waals surface area contributed by atoms with Gasteiger partial charge in [0.05, 0.1) is 0 Å². The summed E-state index contributed by atoms with van der Waals surface area (Å²) in [5.74, 6) is -1.92. The second-order valence-corrected chi connectivity index (χ2v) is 4.44.